The smallest absolute Gasteiger partial charge is 0.276 e. The Morgan fingerprint density at radius 1 is 1.15 bits per heavy atom. The van der Waals surface area contributed by atoms with Gasteiger partial charge in [0.2, 0.25) is 0 Å². The second kappa shape index (κ2) is 9.54. The van der Waals surface area contributed by atoms with Crippen molar-refractivity contribution in [1.82, 2.24) is 30.1 Å². The van der Waals surface area contributed by atoms with Gasteiger partial charge in [-0.05, 0) is 45.8 Å². The minimum Gasteiger partial charge on any atom is -0.329 e. The van der Waals surface area contributed by atoms with Crippen LogP contribution in [0, 0.1) is 0 Å². The number of likely N-dealkylation sites (N-methyl/N-ethyl adjacent to an activating group) is 1. The highest BCUT2D eigenvalue weighted by atomic mass is 35.5. The monoisotopic (exact) mass is 418 g/mol. The van der Waals surface area contributed by atoms with E-state index in [1.165, 1.54) is 19.3 Å². The van der Waals surface area contributed by atoms with Crippen LogP contribution in [0.1, 0.15) is 61.5 Å². The molecular weight excluding hydrogens is 387 g/mol. The topological polar surface area (TPSA) is 66.3 Å². The quantitative estimate of drug-likeness (QED) is 0.796. The third kappa shape index (κ3) is 4.58. The summed E-state index contributed by atoms with van der Waals surface area (Å²) < 4.78 is 1.91. The molecule has 0 radical (unpaired) electrons. The highest BCUT2D eigenvalue weighted by molar-refractivity contribution is 5.92. The normalized spacial score (nSPS) is 23.5. The molecule has 1 spiro atoms. The van der Waals surface area contributed by atoms with Gasteiger partial charge in [0.1, 0.15) is 0 Å². The lowest BCUT2D eigenvalue weighted by molar-refractivity contribution is -0.00817. The molecule has 7 nitrogen and oxygen atoms in total. The number of carbonyl (C=O) groups is 1. The third-order valence-corrected chi connectivity index (χ3v) is 6.28. The van der Waals surface area contributed by atoms with Crippen molar-refractivity contribution >= 4 is 30.7 Å². The molecule has 1 saturated carbocycles. The van der Waals surface area contributed by atoms with Gasteiger partial charge in [-0.25, -0.2) is 4.68 Å². The van der Waals surface area contributed by atoms with Crippen molar-refractivity contribution in [2.75, 3.05) is 39.8 Å². The predicted octanol–water partition coefficient (Wildman–Crippen LogP) is 2.14. The van der Waals surface area contributed by atoms with Crippen molar-refractivity contribution in [2.45, 2.75) is 56.5 Å². The van der Waals surface area contributed by atoms with Crippen molar-refractivity contribution in [3.05, 3.63) is 11.9 Å². The van der Waals surface area contributed by atoms with E-state index in [2.05, 4.69) is 32.5 Å². The summed E-state index contributed by atoms with van der Waals surface area (Å²) >= 11 is 0. The van der Waals surface area contributed by atoms with E-state index in [9.17, 15) is 4.79 Å². The number of nitrogens with one attached hydrogen (secondary N) is 1. The molecule has 1 aliphatic carbocycles. The fourth-order valence-electron chi connectivity index (χ4n) is 4.89. The van der Waals surface area contributed by atoms with E-state index in [1.807, 2.05) is 10.9 Å². The van der Waals surface area contributed by atoms with E-state index in [0.29, 0.717) is 11.7 Å². The number of carbonyl (C=O) groups excluding carboxylic acids is 1. The molecule has 2 aliphatic heterocycles. The van der Waals surface area contributed by atoms with E-state index in [1.54, 1.807) is 0 Å². The van der Waals surface area contributed by atoms with Gasteiger partial charge in [-0.15, -0.1) is 29.9 Å². The fraction of sp³-hybridized carbons (Fsp3) is 0.833. The molecule has 0 atom stereocenters. The lowest BCUT2D eigenvalue weighted by atomic mass is 9.78. The van der Waals surface area contributed by atoms with Crippen molar-refractivity contribution in [3.8, 4) is 0 Å². The summed E-state index contributed by atoms with van der Waals surface area (Å²) in [6.07, 6.45) is 9.95. The molecule has 154 valence electrons. The van der Waals surface area contributed by atoms with Crippen LogP contribution in [0.4, 0.5) is 0 Å². The molecule has 9 heteroatoms. The lowest BCUT2D eigenvalue weighted by Crippen LogP contribution is -2.63. The van der Waals surface area contributed by atoms with E-state index in [-0.39, 0.29) is 36.3 Å². The van der Waals surface area contributed by atoms with Gasteiger partial charge in [0.15, 0.2) is 5.69 Å². The Labute approximate surface area is 174 Å². The van der Waals surface area contributed by atoms with Crippen LogP contribution in [0.5, 0.6) is 0 Å². The Bertz CT molecular complexity index is 613. The van der Waals surface area contributed by atoms with Gasteiger partial charge in [-0.2, -0.15) is 0 Å². The fourth-order valence-corrected chi connectivity index (χ4v) is 4.89. The standard InChI is InChI=1S/C18H30N6O.2ClH/c1-22-11-12-23(18(14-22)7-3-2-4-8-18)17(25)16-13-24(21-20-16)15-5-9-19-10-6-15;;/h13,15,19H,2-12,14H2,1H3;2*1H. The van der Waals surface area contributed by atoms with E-state index in [0.717, 1.165) is 58.4 Å². The van der Waals surface area contributed by atoms with Gasteiger partial charge < -0.3 is 15.1 Å². The number of hydrogen-bond acceptors (Lipinski definition) is 5. The van der Waals surface area contributed by atoms with E-state index < -0.39 is 0 Å². The first kappa shape index (κ1) is 22.4. The molecule has 1 aromatic heterocycles. The molecule has 3 aliphatic rings. The van der Waals surface area contributed by atoms with Gasteiger partial charge in [-0.1, -0.05) is 24.5 Å². The molecule has 0 unspecified atom stereocenters. The Kier molecular flexibility index (Phi) is 7.92. The van der Waals surface area contributed by atoms with Crippen LogP contribution in [0.15, 0.2) is 6.20 Å². The zero-order valence-corrected chi connectivity index (χ0v) is 17.7. The molecular formula is C18H32Cl2N6O. The number of piperidine rings is 1. The molecule has 1 N–H and O–H groups in total. The minimum atomic E-state index is 0. The SMILES string of the molecule is CN1CCN(C(=O)c2cn(C3CCNCC3)nn2)C2(CCCCC2)C1.Cl.Cl. The molecule has 27 heavy (non-hydrogen) atoms. The maximum absolute atomic E-state index is 13.3. The number of piperazine rings is 1. The number of hydrogen-bond donors (Lipinski definition) is 1. The summed E-state index contributed by atoms with van der Waals surface area (Å²) in [5, 5.41) is 11.9. The zero-order chi connectivity index (χ0) is 17.3. The van der Waals surface area contributed by atoms with Gasteiger partial charge in [-0.3, -0.25) is 4.79 Å². The van der Waals surface area contributed by atoms with Gasteiger partial charge in [0.05, 0.1) is 17.8 Å². The van der Waals surface area contributed by atoms with Crippen LogP contribution in [-0.4, -0.2) is 76.0 Å². The number of nitrogens with zero attached hydrogens (tertiary/aromatic N) is 5. The molecule has 3 heterocycles. The van der Waals surface area contributed by atoms with E-state index >= 15 is 0 Å². The first-order chi connectivity index (χ1) is 12.2. The van der Waals surface area contributed by atoms with Crippen molar-refractivity contribution in [1.29, 1.82) is 0 Å². The highest BCUT2D eigenvalue weighted by Crippen LogP contribution is 2.37. The van der Waals surface area contributed by atoms with Crippen LogP contribution in [0.2, 0.25) is 0 Å². The first-order valence-electron chi connectivity index (χ1n) is 9.81. The average Bonchev–Trinajstić information content (AvgIpc) is 3.13. The summed E-state index contributed by atoms with van der Waals surface area (Å²) in [5.41, 5.74) is 0.522. The van der Waals surface area contributed by atoms with Gasteiger partial charge in [0.25, 0.3) is 5.91 Å². The largest absolute Gasteiger partial charge is 0.329 e. The molecule has 3 fully saturated rings. The first-order valence-corrected chi connectivity index (χ1v) is 9.81. The maximum atomic E-state index is 13.3. The molecule has 0 aromatic carbocycles. The van der Waals surface area contributed by atoms with Crippen molar-refractivity contribution in [3.63, 3.8) is 0 Å². The molecule has 2 saturated heterocycles. The van der Waals surface area contributed by atoms with Crippen LogP contribution in [0.3, 0.4) is 0 Å². The number of aromatic nitrogens is 3. The maximum Gasteiger partial charge on any atom is 0.276 e. The number of rotatable bonds is 2. The Hall–Kier alpha value is -0.890. The summed E-state index contributed by atoms with van der Waals surface area (Å²) in [7, 11) is 2.17. The Morgan fingerprint density at radius 3 is 2.56 bits per heavy atom. The summed E-state index contributed by atoms with van der Waals surface area (Å²) in [4.78, 5) is 17.8. The van der Waals surface area contributed by atoms with Crippen LogP contribution in [-0.2, 0) is 0 Å². The van der Waals surface area contributed by atoms with Crippen molar-refractivity contribution in [2.24, 2.45) is 0 Å². The third-order valence-electron chi connectivity index (χ3n) is 6.28. The minimum absolute atomic E-state index is 0. The zero-order valence-electron chi connectivity index (χ0n) is 16.1. The summed E-state index contributed by atoms with van der Waals surface area (Å²) in [5.74, 6) is 0.0789. The predicted molar refractivity (Wildman–Crippen MR) is 110 cm³/mol. The Morgan fingerprint density at radius 2 is 1.85 bits per heavy atom. The van der Waals surface area contributed by atoms with Crippen LogP contribution in [0.25, 0.3) is 0 Å². The van der Waals surface area contributed by atoms with Crippen LogP contribution >= 0.6 is 24.8 Å². The summed E-state index contributed by atoms with van der Waals surface area (Å²) in [6.45, 7) is 4.75. The second-order valence-corrected chi connectivity index (χ2v) is 8.04. The molecule has 0 bridgehead atoms. The lowest BCUT2D eigenvalue weighted by Gasteiger charge is -2.52. The van der Waals surface area contributed by atoms with Crippen molar-refractivity contribution < 1.29 is 4.79 Å². The van der Waals surface area contributed by atoms with Crippen LogP contribution < -0.4 is 5.32 Å². The van der Waals surface area contributed by atoms with Gasteiger partial charge >= 0.3 is 0 Å². The average molecular weight is 419 g/mol. The molecule has 4 rings (SSSR count). The summed E-state index contributed by atoms with van der Waals surface area (Å²) in [6, 6.07) is 0.367. The highest BCUT2D eigenvalue weighted by Gasteiger charge is 2.44. The number of halogens is 2. The van der Waals surface area contributed by atoms with E-state index in [4.69, 9.17) is 0 Å². The molecule has 1 aromatic rings. The number of amides is 1. The van der Waals surface area contributed by atoms with Gasteiger partial charge in [0, 0.05) is 19.6 Å². The Balaban J connectivity index is 0.00000131. The second-order valence-electron chi connectivity index (χ2n) is 8.04. The molecule has 1 amide bonds.